The lowest BCUT2D eigenvalue weighted by molar-refractivity contribution is 0.468. The second-order valence-corrected chi connectivity index (χ2v) is 4.36. The molecule has 0 radical (unpaired) electrons. The number of hydrogen-bond acceptors (Lipinski definition) is 4. The zero-order valence-corrected chi connectivity index (χ0v) is 9.15. The van der Waals surface area contributed by atoms with Crippen LogP contribution in [-0.2, 0) is 6.54 Å². The summed E-state index contributed by atoms with van der Waals surface area (Å²) in [5, 5.41) is 0. The SMILES string of the molecule is NCc1ccc2nc(C3CCCC3)oc2n1. The summed E-state index contributed by atoms with van der Waals surface area (Å²) >= 11 is 0. The van der Waals surface area contributed by atoms with Crippen LogP contribution in [0.3, 0.4) is 0 Å². The van der Waals surface area contributed by atoms with Crippen molar-refractivity contribution in [2.45, 2.75) is 38.1 Å². The fourth-order valence-corrected chi connectivity index (χ4v) is 2.33. The molecule has 0 unspecified atom stereocenters. The van der Waals surface area contributed by atoms with Gasteiger partial charge in [0.25, 0.3) is 0 Å². The number of nitrogens with two attached hydrogens (primary N) is 1. The smallest absolute Gasteiger partial charge is 0.247 e. The molecule has 1 saturated carbocycles. The van der Waals surface area contributed by atoms with E-state index in [-0.39, 0.29) is 0 Å². The first-order valence-electron chi connectivity index (χ1n) is 5.83. The highest BCUT2D eigenvalue weighted by Crippen LogP contribution is 2.34. The lowest BCUT2D eigenvalue weighted by Crippen LogP contribution is -1.98. The zero-order valence-electron chi connectivity index (χ0n) is 9.15. The average Bonchev–Trinajstić information content (AvgIpc) is 2.96. The number of hydrogen-bond donors (Lipinski definition) is 1. The van der Waals surface area contributed by atoms with Gasteiger partial charge in [-0.2, -0.15) is 0 Å². The molecule has 3 rings (SSSR count). The first-order chi connectivity index (χ1) is 7.86. The average molecular weight is 217 g/mol. The molecule has 1 aliphatic carbocycles. The Kier molecular flexibility index (Phi) is 2.36. The lowest BCUT2D eigenvalue weighted by atomic mass is 10.1. The van der Waals surface area contributed by atoms with E-state index in [0.29, 0.717) is 18.2 Å². The Morgan fingerprint density at radius 1 is 1.25 bits per heavy atom. The van der Waals surface area contributed by atoms with Crippen LogP contribution < -0.4 is 5.73 Å². The molecular formula is C12H15N3O. The van der Waals surface area contributed by atoms with E-state index in [1.54, 1.807) is 0 Å². The van der Waals surface area contributed by atoms with E-state index < -0.39 is 0 Å². The van der Waals surface area contributed by atoms with Crippen molar-refractivity contribution in [1.29, 1.82) is 0 Å². The summed E-state index contributed by atoms with van der Waals surface area (Å²) in [6.07, 6.45) is 4.95. The molecule has 1 aliphatic rings. The molecule has 4 nitrogen and oxygen atoms in total. The summed E-state index contributed by atoms with van der Waals surface area (Å²) in [5.41, 5.74) is 7.87. The van der Waals surface area contributed by atoms with Gasteiger partial charge in [0.05, 0.1) is 5.69 Å². The Balaban J connectivity index is 2.01. The van der Waals surface area contributed by atoms with Crippen molar-refractivity contribution in [2.24, 2.45) is 5.73 Å². The van der Waals surface area contributed by atoms with Crippen molar-refractivity contribution in [2.75, 3.05) is 0 Å². The quantitative estimate of drug-likeness (QED) is 0.838. The summed E-state index contributed by atoms with van der Waals surface area (Å²) < 4.78 is 5.72. The highest BCUT2D eigenvalue weighted by atomic mass is 16.4. The Bertz CT molecular complexity index is 500. The summed E-state index contributed by atoms with van der Waals surface area (Å²) in [5.74, 6) is 1.35. The third kappa shape index (κ3) is 1.59. The molecule has 0 saturated heterocycles. The van der Waals surface area contributed by atoms with Gasteiger partial charge < -0.3 is 10.2 Å². The van der Waals surface area contributed by atoms with E-state index in [9.17, 15) is 0 Å². The monoisotopic (exact) mass is 217 g/mol. The number of pyridine rings is 1. The van der Waals surface area contributed by atoms with Crippen molar-refractivity contribution >= 4 is 11.2 Å². The van der Waals surface area contributed by atoms with Gasteiger partial charge in [-0.05, 0) is 25.0 Å². The Morgan fingerprint density at radius 2 is 2.06 bits per heavy atom. The minimum atomic E-state index is 0.440. The van der Waals surface area contributed by atoms with E-state index in [0.717, 1.165) is 17.1 Å². The van der Waals surface area contributed by atoms with Gasteiger partial charge in [0, 0.05) is 12.5 Å². The molecule has 16 heavy (non-hydrogen) atoms. The van der Waals surface area contributed by atoms with Gasteiger partial charge in [-0.1, -0.05) is 12.8 Å². The standard InChI is InChI=1S/C12H15N3O/c13-7-9-5-6-10-12(14-9)16-11(15-10)8-3-1-2-4-8/h5-6,8H,1-4,7,13H2. The van der Waals surface area contributed by atoms with Crippen LogP contribution in [0.4, 0.5) is 0 Å². The third-order valence-corrected chi connectivity index (χ3v) is 3.24. The molecule has 0 aliphatic heterocycles. The molecule has 0 atom stereocenters. The maximum Gasteiger partial charge on any atom is 0.247 e. The van der Waals surface area contributed by atoms with Gasteiger partial charge in [-0.3, -0.25) is 0 Å². The van der Waals surface area contributed by atoms with Crippen LogP contribution >= 0.6 is 0 Å². The first-order valence-corrected chi connectivity index (χ1v) is 5.83. The van der Waals surface area contributed by atoms with E-state index in [1.807, 2.05) is 12.1 Å². The van der Waals surface area contributed by atoms with Gasteiger partial charge in [0.15, 0.2) is 0 Å². The lowest BCUT2D eigenvalue weighted by Gasteiger charge is -2.00. The summed E-state index contributed by atoms with van der Waals surface area (Å²) in [7, 11) is 0. The second-order valence-electron chi connectivity index (χ2n) is 4.36. The minimum Gasteiger partial charge on any atom is -0.422 e. The Hall–Kier alpha value is -1.42. The maximum atomic E-state index is 5.72. The van der Waals surface area contributed by atoms with Crippen molar-refractivity contribution < 1.29 is 4.42 Å². The van der Waals surface area contributed by atoms with Crippen LogP contribution in [0.2, 0.25) is 0 Å². The third-order valence-electron chi connectivity index (χ3n) is 3.24. The maximum absolute atomic E-state index is 5.72. The Morgan fingerprint density at radius 3 is 2.81 bits per heavy atom. The van der Waals surface area contributed by atoms with Gasteiger partial charge in [-0.15, -0.1) is 0 Å². The van der Waals surface area contributed by atoms with Crippen molar-refractivity contribution in [1.82, 2.24) is 9.97 Å². The summed E-state index contributed by atoms with van der Waals surface area (Å²) in [4.78, 5) is 8.83. The van der Waals surface area contributed by atoms with Crippen LogP contribution in [0.15, 0.2) is 16.5 Å². The highest BCUT2D eigenvalue weighted by molar-refractivity contribution is 5.68. The van der Waals surface area contributed by atoms with Gasteiger partial charge in [-0.25, -0.2) is 9.97 Å². The van der Waals surface area contributed by atoms with E-state index >= 15 is 0 Å². The predicted molar refractivity (Wildman–Crippen MR) is 60.9 cm³/mol. The number of fused-ring (bicyclic) bond motifs is 1. The second kappa shape index (κ2) is 3.87. The fourth-order valence-electron chi connectivity index (χ4n) is 2.33. The molecule has 4 heteroatoms. The van der Waals surface area contributed by atoms with Gasteiger partial charge >= 0.3 is 0 Å². The van der Waals surface area contributed by atoms with Crippen molar-refractivity contribution in [3.8, 4) is 0 Å². The van der Waals surface area contributed by atoms with Crippen LogP contribution in [-0.4, -0.2) is 9.97 Å². The molecule has 2 N–H and O–H groups in total. The van der Waals surface area contributed by atoms with Gasteiger partial charge in [0.2, 0.25) is 11.6 Å². The van der Waals surface area contributed by atoms with Crippen LogP contribution in [0.1, 0.15) is 43.2 Å². The molecule has 0 spiro atoms. The van der Waals surface area contributed by atoms with E-state index in [4.69, 9.17) is 10.2 Å². The van der Waals surface area contributed by atoms with Crippen LogP contribution in [0, 0.1) is 0 Å². The fraction of sp³-hybridized carbons (Fsp3) is 0.500. The van der Waals surface area contributed by atoms with Crippen LogP contribution in [0.5, 0.6) is 0 Å². The first kappa shape index (κ1) is 9.78. The molecule has 0 bridgehead atoms. The van der Waals surface area contributed by atoms with E-state index in [2.05, 4.69) is 9.97 Å². The number of rotatable bonds is 2. The van der Waals surface area contributed by atoms with E-state index in [1.165, 1.54) is 25.7 Å². The number of aromatic nitrogens is 2. The van der Waals surface area contributed by atoms with Gasteiger partial charge in [0.1, 0.15) is 5.52 Å². The van der Waals surface area contributed by atoms with Crippen molar-refractivity contribution in [3.05, 3.63) is 23.7 Å². The minimum absolute atomic E-state index is 0.440. The molecular weight excluding hydrogens is 202 g/mol. The molecule has 0 amide bonds. The van der Waals surface area contributed by atoms with Crippen molar-refractivity contribution in [3.63, 3.8) is 0 Å². The predicted octanol–water partition coefficient (Wildman–Crippen LogP) is 2.34. The zero-order chi connectivity index (χ0) is 11.0. The highest BCUT2D eigenvalue weighted by Gasteiger charge is 2.22. The largest absolute Gasteiger partial charge is 0.422 e. The Labute approximate surface area is 93.9 Å². The molecule has 84 valence electrons. The van der Waals surface area contributed by atoms with Crippen LogP contribution in [0.25, 0.3) is 11.2 Å². The summed E-state index contributed by atoms with van der Waals surface area (Å²) in [6.45, 7) is 0.440. The topological polar surface area (TPSA) is 64.9 Å². The summed E-state index contributed by atoms with van der Waals surface area (Å²) in [6, 6.07) is 3.84. The number of oxazole rings is 1. The molecule has 2 heterocycles. The molecule has 2 aromatic rings. The molecule has 0 aromatic carbocycles. The normalized spacial score (nSPS) is 17.3. The molecule has 1 fully saturated rings. The molecule has 2 aromatic heterocycles. The number of nitrogens with zero attached hydrogens (tertiary/aromatic N) is 2.